The van der Waals surface area contributed by atoms with E-state index in [4.69, 9.17) is 9.84 Å². The Morgan fingerprint density at radius 3 is 2.64 bits per heavy atom. The van der Waals surface area contributed by atoms with Crippen molar-refractivity contribution in [1.82, 2.24) is 9.55 Å². The van der Waals surface area contributed by atoms with E-state index in [1.165, 1.54) is 18.3 Å². The highest BCUT2D eigenvalue weighted by Gasteiger charge is 2.43. The van der Waals surface area contributed by atoms with E-state index < -0.39 is 47.8 Å². The lowest BCUT2D eigenvalue weighted by Gasteiger charge is -2.19. The molecule has 150 valence electrons. The van der Waals surface area contributed by atoms with E-state index in [1.54, 1.807) is 25.1 Å². The summed E-state index contributed by atoms with van der Waals surface area (Å²) in [5.74, 6) is 0.179. The Morgan fingerprint density at radius 2 is 2.04 bits per heavy atom. The first-order valence-corrected chi connectivity index (χ1v) is 8.55. The maximum atomic E-state index is 12.3. The predicted octanol–water partition coefficient (Wildman–Crippen LogP) is -0.0639. The zero-order valence-corrected chi connectivity index (χ0v) is 14.9. The van der Waals surface area contributed by atoms with E-state index >= 15 is 0 Å². The minimum absolute atomic E-state index is 0.0534. The highest BCUT2D eigenvalue weighted by atomic mass is 16.6. The lowest BCUT2D eigenvalue weighted by molar-refractivity contribution is -0.385. The predicted molar refractivity (Wildman–Crippen MR) is 96.6 cm³/mol. The summed E-state index contributed by atoms with van der Waals surface area (Å²) >= 11 is 0. The first-order chi connectivity index (χ1) is 13.3. The Hall–Kier alpha value is -2.86. The van der Waals surface area contributed by atoms with Gasteiger partial charge in [0.25, 0.3) is 5.69 Å². The SMILES string of the molecule is C[C@@H](Nc1ccn([C@@H]2O[C@H](CO)C(O)C2O)c(=O)n1)c1ccccc1[N+](=O)[O-]. The Morgan fingerprint density at radius 1 is 1.32 bits per heavy atom. The molecular formula is C17H20N4O7. The molecular weight excluding hydrogens is 372 g/mol. The first-order valence-electron chi connectivity index (χ1n) is 8.55. The van der Waals surface area contributed by atoms with Crippen molar-refractivity contribution in [2.45, 2.75) is 37.5 Å². The first kappa shape index (κ1) is 19.9. The summed E-state index contributed by atoms with van der Waals surface area (Å²) in [4.78, 5) is 26.9. The summed E-state index contributed by atoms with van der Waals surface area (Å²) in [5, 5.41) is 43.1. The molecule has 3 rings (SSSR count). The summed E-state index contributed by atoms with van der Waals surface area (Å²) in [6.45, 7) is 1.19. The van der Waals surface area contributed by atoms with Crippen LogP contribution in [0.4, 0.5) is 11.5 Å². The summed E-state index contributed by atoms with van der Waals surface area (Å²) < 4.78 is 6.32. The van der Waals surface area contributed by atoms with Crippen molar-refractivity contribution in [1.29, 1.82) is 0 Å². The van der Waals surface area contributed by atoms with Gasteiger partial charge in [-0.15, -0.1) is 0 Å². The zero-order valence-electron chi connectivity index (χ0n) is 14.9. The average Bonchev–Trinajstić information content (AvgIpc) is 2.96. The van der Waals surface area contributed by atoms with Crippen LogP contribution >= 0.6 is 0 Å². The molecule has 0 amide bonds. The minimum atomic E-state index is -1.40. The van der Waals surface area contributed by atoms with Crippen LogP contribution in [0, 0.1) is 10.1 Å². The van der Waals surface area contributed by atoms with Crippen LogP contribution in [0.25, 0.3) is 0 Å². The molecule has 1 fully saturated rings. The fourth-order valence-electron chi connectivity index (χ4n) is 3.12. The van der Waals surface area contributed by atoms with Gasteiger partial charge in [-0.25, -0.2) is 4.79 Å². The molecule has 5 atom stereocenters. The van der Waals surface area contributed by atoms with Crippen LogP contribution in [0.3, 0.4) is 0 Å². The second-order valence-electron chi connectivity index (χ2n) is 6.41. The van der Waals surface area contributed by atoms with Crippen LogP contribution < -0.4 is 11.0 Å². The number of benzene rings is 1. The van der Waals surface area contributed by atoms with Gasteiger partial charge in [0.05, 0.1) is 23.1 Å². The number of aliphatic hydroxyl groups excluding tert-OH is 3. The van der Waals surface area contributed by atoms with Gasteiger partial charge in [0.1, 0.15) is 24.1 Å². The quantitative estimate of drug-likeness (QED) is 0.390. The number of aliphatic hydroxyl groups is 3. The topological polar surface area (TPSA) is 160 Å². The van der Waals surface area contributed by atoms with Crippen LogP contribution in [0.5, 0.6) is 0 Å². The molecule has 11 nitrogen and oxygen atoms in total. The van der Waals surface area contributed by atoms with Gasteiger partial charge >= 0.3 is 5.69 Å². The number of nitro groups is 1. The molecule has 1 aromatic carbocycles. The van der Waals surface area contributed by atoms with Gasteiger partial charge < -0.3 is 25.4 Å². The van der Waals surface area contributed by atoms with Gasteiger partial charge in [0.15, 0.2) is 6.23 Å². The lowest BCUT2D eigenvalue weighted by Crippen LogP contribution is -2.36. The molecule has 0 spiro atoms. The molecule has 1 saturated heterocycles. The van der Waals surface area contributed by atoms with Crippen molar-refractivity contribution in [3.05, 3.63) is 62.7 Å². The number of nitro benzene ring substituents is 1. The molecule has 0 aliphatic carbocycles. The molecule has 0 saturated carbocycles. The smallest absolute Gasteiger partial charge is 0.351 e. The van der Waals surface area contributed by atoms with Crippen molar-refractivity contribution in [2.24, 2.45) is 0 Å². The zero-order chi connectivity index (χ0) is 20.4. The van der Waals surface area contributed by atoms with E-state index in [0.29, 0.717) is 5.56 Å². The second-order valence-corrected chi connectivity index (χ2v) is 6.41. The third-order valence-corrected chi connectivity index (χ3v) is 4.59. The van der Waals surface area contributed by atoms with Gasteiger partial charge in [0.2, 0.25) is 0 Å². The van der Waals surface area contributed by atoms with E-state index in [2.05, 4.69) is 10.3 Å². The molecule has 1 aromatic heterocycles. The van der Waals surface area contributed by atoms with Crippen molar-refractivity contribution in [3.63, 3.8) is 0 Å². The van der Waals surface area contributed by atoms with Gasteiger partial charge in [0, 0.05) is 12.3 Å². The minimum Gasteiger partial charge on any atom is -0.394 e. The van der Waals surface area contributed by atoms with Crippen LogP contribution in [0.2, 0.25) is 0 Å². The molecule has 11 heteroatoms. The standard InChI is InChI=1S/C17H20N4O7/c1-9(10-4-2-3-5-11(10)21(26)27)18-13-6-7-20(17(25)19-13)16-15(24)14(23)12(8-22)28-16/h2-7,9,12,14-16,22-24H,8H2,1H3,(H,18,19,25)/t9-,12-,14?,15?,16-/m1/s1. The largest absolute Gasteiger partial charge is 0.394 e. The van der Waals surface area contributed by atoms with Crippen LogP contribution in [0.15, 0.2) is 41.3 Å². The van der Waals surface area contributed by atoms with Gasteiger partial charge in [-0.1, -0.05) is 18.2 Å². The van der Waals surface area contributed by atoms with E-state index in [1.807, 2.05) is 0 Å². The molecule has 4 N–H and O–H groups in total. The molecule has 1 aliphatic heterocycles. The molecule has 28 heavy (non-hydrogen) atoms. The summed E-state index contributed by atoms with van der Waals surface area (Å²) in [7, 11) is 0. The number of aromatic nitrogens is 2. The van der Waals surface area contributed by atoms with E-state index in [9.17, 15) is 25.1 Å². The highest BCUT2D eigenvalue weighted by Crippen LogP contribution is 2.29. The number of ether oxygens (including phenoxy) is 1. The van der Waals surface area contributed by atoms with Crippen molar-refractivity contribution < 1.29 is 25.0 Å². The van der Waals surface area contributed by atoms with Crippen molar-refractivity contribution in [3.8, 4) is 0 Å². The third-order valence-electron chi connectivity index (χ3n) is 4.59. The summed E-state index contributed by atoms with van der Waals surface area (Å²) in [6.07, 6.45) is -3.61. The molecule has 1 aliphatic rings. The number of rotatable bonds is 6. The number of anilines is 1. The normalized spacial score (nSPS) is 25.4. The number of para-hydroxylation sites is 1. The number of nitrogens with zero attached hydrogens (tertiary/aromatic N) is 3. The van der Waals surface area contributed by atoms with E-state index in [-0.39, 0.29) is 11.5 Å². The lowest BCUT2D eigenvalue weighted by atomic mass is 10.1. The average molecular weight is 392 g/mol. The van der Waals surface area contributed by atoms with Gasteiger partial charge in [-0.05, 0) is 13.0 Å². The van der Waals surface area contributed by atoms with Crippen molar-refractivity contribution >= 4 is 11.5 Å². The van der Waals surface area contributed by atoms with Gasteiger partial charge in [-0.3, -0.25) is 14.7 Å². The highest BCUT2D eigenvalue weighted by molar-refractivity contribution is 5.46. The van der Waals surface area contributed by atoms with Crippen LogP contribution in [0.1, 0.15) is 24.8 Å². The third kappa shape index (κ3) is 3.73. The van der Waals surface area contributed by atoms with Crippen LogP contribution in [-0.4, -0.2) is 54.7 Å². The fraction of sp³-hybridized carbons (Fsp3) is 0.412. The monoisotopic (exact) mass is 392 g/mol. The Labute approximate surface area is 159 Å². The maximum absolute atomic E-state index is 12.3. The Balaban J connectivity index is 1.80. The maximum Gasteiger partial charge on any atom is 0.351 e. The molecule has 2 unspecified atom stereocenters. The number of nitrogens with one attached hydrogen (secondary N) is 1. The fourth-order valence-corrected chi connectivity index (χ4v) is 3.12. The summed E-state index contributed by atoms with van der Waals surface area (Å²) in [5.41, 5.74) is -0.376. The molecule has 2 heterocycles. The summed E-state index contributed by atoms with van der Waals surface area (Å²) in [6, 6.07) is 7.18. The molecule has 0 bridgehead atoms. The Kier molecular flexibility index (Phi) is 5.70. The van der Waals surface area contributed by atoms with Gasteiger partial charge in [-0.2, -0.15) is 4.98 Å². The molecule has 0 radical (unpaired) electrons. The molecule has 2 aromatic rings. The Bertz CT molecular complexity index is 918. The number of hydrogen-bond donors (Lipinski definition) is 4. The van der Waals surface area contributed by atoms with E-state index in [0.717, 1.165) is 4.57 Å². The second kappa shape index (κ2) is 8.02. The van der Waals surface area contributed by atoms with Crippen LogP contribution in [-0.2, 0) is 4.74 Å². The number of hydrogen-bond acceptors (Lipinski definition) is 9. The van der Waals surface area contributed by atoms with Crippen molar-refractivity contribution in [2.75, 3.05) is 11.9 Å².